The first-order valence-corrected chi connectivity index (χ1v) is 20.3. The largest absolute Gasteiger partial charge is 0.462 e. The first-order valence-electron chi connectivity index (χ1n) is 20.3. The van der Waals surface area contributed by atoms with Crippen LogP contribution >= 0.6 is 0 Å². The molecule has 2 N–H and O–H groups in total. The van der Waals surface area contributed by atoms with Crippen LogP contribution in [0.4, 0.5) is 0 Å². The number of aliphatic hydroxyl groups is 2. The highest BCUT2D eigenvalue weighted by Crippen LogP contribution is 2.37. The van der Waals surface area contributed by atoms with E-state index in [0.29, 0.717) is 12.7 Å². The summed E-state index contributed by atoms with van der Waals surface area (Å²) in [4.78, 5) is 65.4. The summed E-state index contributed by atoms with van der Waals surface area (Å²) in [5.41, 5.74) is -1.51. The zero-order valence-corrected chi connectivity index (χ0v) is 35.9. The molecule has 0 radical (unpaired) electrons. The van der Waals surface area contributed by atoms with Crippen LogP contribution in [0.25, 0.3) is 0 Å². The van der Waals surface area contributed by atoms with Gasteiger partial charge in [0.05, 0.1) is 30.8 Å². The van der Waals surface area contributed by atoms with E-state index in [2.05, 4.69) is 0 Å². The Morgan fingerprint density at radius 1 is 1.02 bits per heavy atom. The fraction of sp³-hybridized carbons (Fsp3) is 0.786. The van der Waals surface area contributed by atoms with E-state index in [-0.39, 0.29) is 37.4 Å². The van der Waals surface area contributed by atoms with E-state index in [1.165, 1.54) is 20.1 Å². The van der Waals surface area contributed by atoms with Gasteiger partial charge in [-0.15, -0.1) is 0 Å². The van der Waals surface area contributed by atoms with Crippen LogP contribution < -0.4 is 0 Å². The van der Waals surface area contributed by atoms with Crippen LogP contribution in [0.3, 0.4) is 0 Å². The number of cyclic esters (lactones) is 1. The summed E-state index contributed by atoms with van der Waals surface area (Å²) in [6.45, 7) is 13.4. The SMILES string of the molecule is CO[C@@H]1[C@@H](O[C@@H]2O[C@H](C)[C@@H](O[C@H]3C[C@@](C)(O)[C@@H](OC(=O)CC(C)C)[C@H](C)O3)[C@H](N(C)C)[C@H]2O)[C@@H](CC=O)C[C@@H](C)C(=O)/C=C\C=C/C[C@@H](C)OC(=O)C[C@H]1OC(C)=O. The van der Waals surface area contributed by atoms with Crippen LogP contribution in [0.2, 0.25) is 0 Å². The molecule has 0 spiro atoms. The number of carbonyl (C=O) groups excluding carboxylic acids is 5. The van der Waals surface area contributed by atoms with Gasteiger partial charge in [0.15, 0.2) is 24.5 Å². The number of aliphatic hydroxyl groups excluding tert-OH is 1. The van der Waals surface area contributed by atoms with Gasteiger partial charge in [-0.1, -0.05) is 39.0 Å². The molecule has 0 bridgehead atoms. The van der Waals surface area contributed by atoms with Crippen molar-refractivity contribution in [2.45, 2.75) is 173 Å². The molecule has 58 heavy (non-hydrogen) atoms. The number of rotatable bonds is 12. The van der Waals surface area contributed by atoms with Gasteiger partial charge in [0.2, 0.25) is 0 Å². The lowest BCUT2D eigenvalue weighted by atomic mass is 9.83. The van der Waals surface area contributed by atoms with Crippen molar-refractivity contribution in [3.05, 3.63) is 24.3 Å². The number of allylic oxidation sites excluding steroid dienone is 3. The van der Waals surface area contributed by atoms with Crippen molar-refractivity contribution in [2.24, 2.45) is 17.8 Å². The minimum Gasteiger partial charge on any atom is -0.462 e. The summed E-state index contributed by atoms with van der Waals surface area (Å²) >= 11 is 0. The molecule has 0 aromatic carbocycles. The monoisotopic (exact) mass is 825 g/mol. The minimum atomic E-state index is -1.51. The molecule has 0 aromatic heterocycles. The van der Waals surface area contributed by atoms with Crippen molar-refractivity contribution in [1.29, 1.82) is 0 Å². The highest BCUT2D eigenvalue weighted by Gasteiger charge is 2.53. The molecule has 3 heterocycles. The minimum absolute atomic E-state index is 0.0531. The molecule has 0 saturated carbocycles. The molecule has 3 rings (SSSR count). The molecule has 0 unspecified atom stereocenters. The first kappa shape index (κ1) is 49.3. The van der Waals surface area contributed by atoms with Crippen LogP contribution in [0.5, 0.6) is 0 Å². The molecule has 3 aliphatic rings. The van der Waals surface area contributed by atoms with Crippen molar-refractivity contribution >= 4 is 30.0 Å². The molecule has 2 fully saturated rings. The van der Waals surface area contributed by atoms with Crippen LogP contribution in [0.15, 0.2) is 24.3 Å². The first-order chi connectivity index (χ1) is 27.2. The van der Waals surface area contributed by atoms with Gasteiger partial charge in [0.25, 0.3) is 0 Å². The smallest absolute Gasteiger partial charge is 0.309 e. The Kier molecular flexibility index (Phi) is 19.1. The van der Waals surface area contributed by atoms with E-state index >= 15 is 0 Å². The Morgan fingerprint density at radius 2 is 1.71 bits per heavy atom. The van der Waals surface area contributed by atoms with Gasteiger partial charge in [0.1, 0.15) is 42.4 Å². The van der Waals surface area contributed by atoms with E-state index in [4.69, 9.17) is 37.9 Å². The number of hydrogen-bond donors (Lipinski definition) is 2. The summed E-state index contributed by atoms with van der Waals surface area (Å²) in [6.07, 6.45) is -4.02. The number of aldehydes is 1. The van der Waals surface area contributed by atoms with E-state index in [1.54, 1.807) is 71.8 Å². The highest BCUT2D eigenvalue weighted by atomic mass is 16.7. The summed E-state index contributed by atoms with van der Waals surface area (Å²) < 4.78 is 48.4. The number of esters is 3. The molecule has 330 valence electrons. The van der Waals surface area contributed by atoms with Crippen molar-refractivity contribution < 1.29 is 72.1 Å². The quantitative estimate of drug-likeness (QED) is 0.165. The zero-order chi connectivity index (χ0) is 43.5. The van der Waals surface area contributed by atoms with Gasteiger partial charge < -0.3 is 57.8 Å². The molecule has 16 heteroatoms. The standard InChI is InChI=1S/C42H67NO15/c1-23(2)19-32(47)56-40-27(6)53-34(22-42(40,8)50)57-37-26(5)54-41(36(49)35(37)43(9)10)58-38-29(17-18-44)20-24(3)30(46)16-14-12-13-15-25(4)52-33(48)21-31(39(38)51-11)55-28(7)45/h12-14,16,18,23-27,29,31,34-41,49-50H,15,17,19-22H2,1-11H3/b13-12-,16-14-/t24-,25-,26-,27+,29+,31-,34+,35-,36-,37-,38+,39+,40+,41+,42-/m1/s1. The second-order valence-corrected chi connectivity index (χ2v) is 16.8. The van der Waals surface area contributed by atoms with Crippen LogP contribution in [-0.2, 0) is 61.9 Å². The van der Waals surface area contributed by atoms with E-state index in [0.717, 1.165) is 0 Å². The average Bonchev–Trinajstić information content (AvgIpc) is 3.09. The molecular formula is C42H67NO15. The van der Waals surface area contributed by atoms with Crippen LogP contribution in [-0.4, -0.2) is 145 Å². The number of likely N-dealkylation sites (N-methyl/N-ethyl adjacent to an activating group) is 1. The molecule has 0 amide bonds. The zero-order valence-electron chi connectivity index (χ0n) is 35.9. The normalized spacial score (nSPS) is 39.4. The number of methoxy groups -OCH3 is 1. The van der Waals surface area contributed by atoms with Gasteiger partial charge in [-0.05, 0) is 66.1 Å². The van der Waals surface area contributed by atoms with Gasteiger partial charge in [-0.3, -0.25) is 19.2 Å². The summed E-state index contributed by atoms with van der Waals surface area (Å²) in [5.74, 6) is -3.31. The van der Waals surface area contributed by atoms with Gasteiger partial charge in [-0.2, -0.15) is 0 Å². The lowest BCUT2D eigenvalue weighted by molar-refractivity contribution is -0.344. The molecule has 0 aromatic rings. The molecule has 3 aliphatic heterocycles. The maximum Gasteiger partial charge on any atom is 0.309 e. The predicted molar refractivity (Wildman–Crippen MR) is 209 cm³/mol. The second-order valence-electron chi connectivity index (χ2n) is 16.8. The number of hydrogen-bond acceptors (Lipinski definition) is 16. The molecular weight excluding hydrogens is 758 g/mol. The topological polar surface area (TPSA) is 203 Å². The lowest BCUT2D eigenvalue weighted by Crippen LogP contribution is -2.66. The highest BCUT2D eigenvalue weighted by molar-refractivity contribution is 5.91. The Balaban J connectivity index is 1.98. The third-order valence-corrected chi connectivity index (χ3v) is 10.8. The third kappa shape index (κ3) is 14.0. The molecule has 16 nitrogen and oxygen atoms in total. The second kappa shape index (κ2) is 22.5. The van der Waals surface area contributed by atoms with Gasteiger partial charge in [-0.25, -0.2) is 0 Å². The van der Waals surface area contributed by atoms with Gasteiger partial charge in [0, 0.05) is 45.6 Å². The lowest BCUT2D eigenvalue weighted by Gasteiger charge is -2.50. The number of ether oxygens (including phenoxy) is 8. The Hall–Kier alpha value is -3.09. The molecule has 0 aliphatic carbocycles. The predicted octanol–water partition coefficient (Wildman–Crippen LogP) is 3.22. The van der Waals surface area contributed by atoms with E-state index in [9.17, 15) is 34.2 Å². The van der Waals surface area contributed by atoms with Gasteiger partial charge >= 0.3 is 17.9 Å². The van der Waals surface area contributed by atoms with E-state index < -0.39 is 115 Å². The molecule has 2 saturated heterocycles. The third-order valence-electron chi connectivity index (χ3n) is 10.8. The van der Waals surface area contributed by atoms with Crippen molar-refractivity contribution in [1.82, 2.24) is 4.90 Å². The van der Waals surface area contributed by atoms with E-state index in [1.807, 2.05) is 13.8 Å². The average molecular weight is 826 g/mol. The van der Waals surface area contributed by atoms with Crippen molar-refractivity contribution in [2.75, 3.05) is 21.2 Å². The number of carbonyl (C=O) groups is 5. The number of ketones is 1. The van der Waals surface area contributed by atoms with Crippen LogP contribution in [0, 0.1) is 17.8 Å². The summed E-state index contributed by atoms with van der Waals surface area (Å²) in [6, 6.07) is -0.796. The fourth-order valence-corrected chi connectivity index (χ4v) is 7.98. The Morgan fingerprint density at radius 3 is 2.29 bits per heavy atom. The van der Waals surface area contributed by atoms with Crippen molar-refractivity contribution in [3.63, 3.8) is 0 Å². The summed E-state index contributed by atoms with van der Waals surface area (Å²) in [7, 11) is 4.82. The Labute approximate surface area is 342 Å². The van der Waals surface area contributed by atoms with Crippen molar-refractivity contribution in [3.8, 4) is 0 Å². The fourth-order valence-electron chi connectivity index (χ4n) is 7.98. The Bertz CT molecular complexity index is 1430. The maximum atomic E-state index is 13.2. The number of nitrogens with zero attached hydrogens (tertiary/aromatic N) is 1. The summed E-state index contributed by atoms with van der Waals surface area (Å²) in [5, 5.41) is 23.5. The maximum absolute atomic E-state index is 13.2. The van der Waals surface area contributed by atoms with Crippen LogP contribution in [0.1, 0.15) is 93.9 Å². The molecule has 15 atom stereocenters.